The van der Waals surface area contributed by atoms with Crippen LogP contribution in [-0.2, 0) is 4.74 Å². The minimum absolute atomic E-state index is 0.262. The van der Waals surface area contributed by atoms with E-state index in [9.17, 15) is 0 Å². The first kappa shape index (κ1) is 12.4. The summed E-state index contributed by atoms with van der Waals surface area (Å²) in [5, 5.41) is 7.78. The van der Waals surface area contributed by atoms with E-state index in [1.54, 1.807) is 0 Å². The second-order valence-electron chi connectivity index (χ2n) is 4.91. The van der Waals surface area contributed by atoms with Gasteiger partial charge in [0.1, 0.15) is 5.82 Å². The number of anilines is 1. The van der Waals surface area contributed by atoms with Crippen LogP contribution < -0.4 is 5.32 Å². The molecule has 1 N–H and O–H groups in total. The maximum atomic E-state index is 5.69. The molecule has 0 aromatic carbocycles. The highest BCUT2D eigenvalue weighted by molar-refractivity contribution is 5.32. The first-order chi connectivity index (χ1) is 8.15. The zero-order chi connectivity index (χ0) is 12.3. The Morgan fingerprint density at radius 1 is 1.59 bits per heavy atom. The van der Waals surface area contributed by atoms with Crippen LogP contribution in [0, 0.1) is 0 Å². The van der Waals surface area contributed by atoms with Crippen LogP contribution in [0.3, 0.4) is 0 Å². The van der Waals surface area contributed by atoms with Gasteiger partial charge in [0.25, 0.3) is 0 Å². The summed E-state index contributed by atoms with van der Waals surface area (Å²) in [6, 6.07) is 2.41. The Balaban J connectivity index is 1.80. The fraction of sp³-hybridized carbons (Fsp3) is 0.750. The van der Waals surface area contributed by atoms with Gasteiger partial charge in [-0.3, -0.25) is 4.68 Å². The molecule has 1 atom stereocenters. The summed E-state index contributed by atoms with van der Waals surface area (Å²) < 4.78 is 7.64. The van der Waals surface area contributed by atoms with Gasteiger partial charge in [-0.1, -0.05) is 0 Å². The van der Waals surface area contributed by atoms with Crippen LogP contribution in [0.4, 0.5) is 5.82 Å². The number of likely N-dealkylation sites (N-methyl/N-ethyl adjacent to an activating group) is 1. The molecule has 1 unspecified atom stereocenters. The fourth-order valence-electron chi connectivity index (χ4n) is 1.93. The Labute approximate surface area is 103 Å². The van der Waals surface area contributed by atoms with Crippen molar-refractivity contribution in [1.82, 2.24) is 14.7 Å². The summed E-state index contributed by atoms with van der Waals surface area (Å²) in [5.74, 6) is 0.926. The lowest BCUT2D eigenvalue weighted by atomic mass is 10.3. The molecule has 17 heavy (non-hydrogen) atoms. The third kappa shape index (κ3) is 3.44. The largest absolute Gasteiger partial charge is 0.374 e. The third-order valence-electron chi connectivity index (χ3n) is 2.99. The molecule has 0 aliphatic carbocycles. The summed E-state index contributed by atoms with van der Waals surface area (Å²) in [4.78, 5) is 2.29. The molecular weight excluding hydrogens is 216 g/mol. The van der Waals surface area contributed by atoms with Crippen molar-refractivity contribution in [3.05, 3.63) is 12.3 Å². The lowest BCUT2D eigenvalue weighted by Gasteiger charge is -2.30. The van der Waals surface area contributed by atoms with Crippen molar-refractivity contribution in [2.24, 2.45) is 0 Å². The zero-order valence-corrected chi connectivity index (χ0v) is 10.9. The molecule has 5 nitrogen and oxygen atoms in total. The topological polar surface area (TPSA) is 42.3 Å². The van der Waals surface area contributed by atoms with Crippen LogP contribution in [0.15, 0.2) is 12.3 Å². The van der Waals surface area contributed by atoms with Crippen LogP contribution in [0.1, 0.15) is 19.9 Å². The highest BCUT2D eigenvalue weighted by Gasteiger charge is 2.17. The van der Waals surface area contributed by atoms with Gasteiger partial charge >= 0.3 is 0 Å². The molecular formula is C12H22N4O. The first-order valence-electron chi connectivity index (χ1n) is 6.24. The lowest BCUT2D eigenvalue weighted by molar-refractivity contribution is -0.0117. The molecule has 1 aromatic heterocycles. The van der Waals surface area contributed by atoms with Gasteiger partial charge in [0.15, 0.2) is 0 Å². The van der Waals surface area contributed by atoms with Gasteiger partial charge in [-0.05, 0) is 20.9 Å². The number of rotatable bonds is 4. The van der Waals surface area contributed by atoms with Crippen LogP contribution in [0.25, 0.3) is 0 Å². The minimum Gasteiger partial charge on any atom is -0.374 e. The van der Waals surface area contributed by atoms with Crippen LogP contribution >= 0.6 is 0 Å². The van der Waals surface area contributed by atoms with Crippen LogP contribution in [0.2, 0.25) is 0 Å². The predicted molar refractivity (Wildman–Crippen MR) is 68.3 cm³/mol. The summed E-state index contributed by atoms with van der Waals surface area (Å²) in [7, 11) is 2.13. The second-order valence-corrected chi connectivity index (χ2v) is 4.91. The summed E-state index contributed by atoms with van der Waals surface area (Å²) in [5.41, 5.74) is 0. The van der Waals surface area contributed by atoms with Gasteiger partial charge < -0.3 is 15.0 Å². The van der Waals surface area contributed by atoms with Gasteiger partial charge in [-0.2, -0.15) is 5.10 Å². The molecule has 0 radical (unpaired) electrons. The Morgan fingerprint density at radius 3 is 3.06 bits per heavy atom. The monoisotopic (exact) mass is 238 g/mol. The van der Waals surface area contributed by atoms with Gasteiger partial charge in [0.05, 0.1) is 12.7 Å². The van der Waals surface area contributed by atoms with Gasteiger partial charge in [0, 0.05) is 37.9 Å². The first-order valence-corrected chi connectivity index (χ1v) is 6.24. The SMILES string of the molecule is CC(C)n1ccc(NCC2CN(C)CCO2)n1. The average Bonchev–Trinajstić information content (AvgIpc) is 2.75. The van der Waals surface area contributed by atoms with Crippen molar-refractivity contribution < 1.29 is 4.74 Å². The Hall–Kier alpha value is -1.07. The number of aromatic nitrogens is 2. The molecule has 1 aliphatic heterocycles. The number of hydrogen-bond acceptors (Lipinski definition) is 4. The summed E-state index contributed by atoms with van der Waals surface area (Å²) >= 11 is 0. The lowest BCUT2D eigenvalue weighted by Crippen LogP contribution is -2.43. The Kier molecular flexibility index (Phi) is 4.02. The van der Waals surface area contributed by atoms with Gasteiger partial charge in [-0.15, -0.1) is 0 Å². The van der Waals surface area contributed by atoms with E-state index in [0.717, 1.165) is 32.1 Å². The highest BCUT2D eigenvalue weighted by atomic mass is 16.5. The number of ether oxygens (including phenoxy) is 1. The molecule has 1 fully saturated rings. The third-order valence-corrected chi connectivity index (χ3v) is 2.99. The van der Waals surface area contributed by atoms with E-state index in [2.05, 4.69) is 36.2 Å². The molecule has 5 heteroatoms. The normalized spacial score (nSPS) is 22.0. The number of nitrogens with zero attached hydrogens (tertiary/aromatic N) is 3. The van der Waals surface area contributed by atoms with Gasteiger partial charge in [-0.25, -0.2) is 0 Å². The van der Waals surface area contributed by atoms with E-state index in [4.69, 9.17) is 4.74 Å². The van der Waals surface area contributed by atoms with E-state index in [1.165, 1.54) is 0 Å². The van der Waals surface area contributed by atoms with Crippen molar-refractivity contribution >= 4 is 5.82 Å². The standard InChI is InChI=1S/C12H22N4O/c1-10(2)16-5-4-12(14-16)13-8-11-9-15(3)6-7-17-11/h4-5,10-11H,6-9H2,1-3H3,(H,13,14). The number of hydrogen-bond donors (Lipinski definition) is 1. The fourth-order valence-corrected chi connectivity index (χ4v) is 1.93. The molecule has 0 bridgehead atoms. The maximum Gasteiger partial charge on any atom is 0.148 e. The highest BCUT2D eigenvalue weighted by Crippen LogP contribution is 2.09. The second kappa shape index (κ2) is 5.51. The van der Waals surface area contributed by atoms with Crippen molar-refractivity contribution in [3.8, 4) is 0 Å². The molecule has 2 heterocycles. The van der Waals surface area contributed by atoms with Gasteiger partial charge in [0.2, 0.25) is 0 Å². The van der Waals surface area contributed by atoms with Crippen molar-refractivity contribution in [2.75, 3.05) is 38.6 Å². The summed E-state index contributed by atoms with van der Waals surface area (Å²) in [6.07, 6.45) is 2.26. The Morgan fingerprint density at radius 2 is 2.41 bits per heavy atom. The van der Waals surface area contributed by atoms with Crippen LogP contribution in [-0.4, -0.2) is 54.1 Å². The van der Waals surface area contributed by atoms with Crippen LogP contribution in [0.5, 0.6) is 0 Å². The molecule has 0 saturated carbocycles. The quantitative estimate of drug-likeness (QED) is 0.856. The molecule has 1 saturated heterocycles. The Bertz CT molecular complexity index is 350. The smallest absolute Gasteiger partial charge is 0.148 e. The average molecular weight is 238 g/mol. The number of morpholine rings is 1. The predicted octanol–water partition coefficient (Wildman–Crippen LogP) is 1.21. The minimum atomic E-state index is 0.262. The zero-order valence-electron chi connectivity index (χ0n) is 10.9. The van der Waals surface area contributed by atoms with Crippen molar-refractivity contribution in [2.45, 2.75) is 26.0 Å². The van der Waals surface area contributed by atoms with E-state index in [-0.39, 0.29) is 6.10 Å². The number of nitrogens with one attached hydrogen (secondary N) is 1. The molecule has 96 valence electrons. The van der Waals surface area contributed by atoms with Crippen molar-refractivity contribution in [3.63, 3.8) is 0 Å². The molecule has 1 aliphatic rings. The summed E-state index contributed by atoms with van der Waals surface area (Å²) in [6.45, 7) is 7.89. The van der Waals surface area contributed by atoms with Crippen molar-refractivity contribution in [1.29, 1.82) is 0 Å². The van der Waals surface area contributed by atoms with E-state index < -0.39 is 0 Å². The van der Waals surface area contributed by atoms with E-state index in [0.29, 0.717) is 6.04 Å². The molecule has 0 spiro atoms. The molecule has 0 amide bonds. The van der Waals surface area contributed by atoms with E-state index in [1.807, 2.05) is 16.9 Å². The molecule has 2 rings (SSSR count). The molecule has 1 aromatic rings. The van der Waals surface area contributed by atoms with E-state index >= 15 is 0 Å². The maximum absolute atomic E-state index is 5.69.